The molecule has 1 aromatic heterocycles. The van der Waals surface area contributed by atoms with E-state index in [0.29, 0.717) is 0 Å². The summed E-state index contributed by atoms with van der Waals surface area (Å²) in [6.07, 6.45) is -0.763. The number of hydrogen-bond donors (Lipinski definition) is 0. The molecule has 0 N–H and O–H groups in total. The average Bonchev–Trinajstić information content (AvgIpc) is 2.11. The molecule has 0 aliphatic heterocycles. The summed E-state index contributed by atoms with van der Waals surface area (Å²) >= 11 is 2.68. The van der Waals surface area contributed by atoms with Gasteiger partial charge in [-0.2, -0.15) is 8.78 Å². The summed E-state index contributed by atoms with van der Waals surface area (Å²) in [6, 6.07) is -0.481. The molecule has 0 radical (unpaired) electrons. The molecule has 11 heavy (non-hydrogen) atoms. The molecule has 2 nitrogen and oxygen atoms in total. The number of alkyl halides is 2. The normalized spacial score (nSPS) is 19.4. The van der Waals surface area contributed by atoms with Crippen LogP contribution in [0.2, 0.25) is 0 Å². The zero-order valence-corrected chi connectivity index (χ0v) is 6.61. The lowest BCUT2D eigenvalue weighted by molar-refractivity contribution is 0.00749. The van der Waals surface area contributed by atoms with E-state index in [1.807, 2.05) is 0 Å². The summed E-state index contributed by atoms with van der Waals surface area (Å²) in [7, 11) is 0. The van der Waals surface area contributed by atoms with Crippen LogP contribution < -0.4 is 0 Å². The Morgan fingerprint density at radius 2 is 2.55 bits per heavy atom. The molecule has 0 bridgehead atoms. The molecule has 0 spiro atoms. The van der Waals surface area contributed by atoms with Crippen LogP contribution in [0.25, 0.3) is 0 Å². The van der Waals surface area contributed by atoms with Crippen molar-refractivity contribution in [1.82, 2.24) is 9.97 Å². The minimum absolute atomic E-state index is 0.341. The lowest BCUT2D eigenvalue weighted by atomic mass is 10.3. The minimum Gasteiger partial charge on any atom is -0.236 e. The third-order valence-electron chi connectivity index (χ3n) is 0.806. The van der Waals surface area contributed by atoms with Crippen molar-refractivity contribution in [3.05, 3.63) is 22.6 Å². The van der Waals surface area contributed by atoms with E-state index < -0.39 is 30.8 Å². The van der Waals surface area contributed by atoms with Crippen LogP contribution in [-0.4, -0.2) is 9.97 Å². The van der Waals surface area contributed by atoms with Gasteiger partial charge >= 0.3 is 5.92 Å². The largest absolute Gasteiger partial charge is 0.303 e. The van der Waals surface area contributed by atoms with E-state index in [1.54, 1.807) is 0 Å². The Labute approximate surface area is 77.8 Å². The van der Waals surface area contributed by atoms with E-state index in [0.717, 1.165) is 0 Å². The second-order valence-corrected chi connectivity index (χ2v) is 2.40. The molecular weight excluding hydrogens is 218 g/mol. The monoisotopic (exact) mass is 227 g/mol. The van der Waals surface area contributed by atoms with Gasteiger partial charge in [-0.3, -0.25) is 0 Å². The SMILES string of the molecule is [2H]c1nc(C(F)(F)C([2H])([2H])[2H])nc(Br)c1[2H]. The van der Waals surface area contributed by atoms with E-state index in [2.05, 4.69) is 25.9 Å². The van der Waals surface area contributed by atoms with Crippen molar-refractivity contribution in [2.75, 3.05) is 0 Å². The highest BCUT2D eigenvalue weighted by Crippen LogP contribution is 2.23. The van der Waals surface area contributed by atoms with Crippen molar-refractivity contribution in [3.8, 4) is 0 Å². The molecule has 1 rings (SSSR count). The number of nitrogens with zero attached hydrogens (tertiary/aromatic N) is 2. The summed E-state index contributed by atoms with van der Waals surface area (Å²) in [5, 5.41) is 0. The first-order valence-corrected chi connectivity index (χ1v) is 3.25. The van der Waals surface area contributed by atoms with Gasteiger partial charge in [0, 0.05) is 17.1 Å². The van der Waals surface area contributed by atoms with E-state index in [4.69, 9.17) is 6.85 Å². The molecule has 0 unspecified atom stereocenters. The molecular formula is C6H5BrF2N2. The maximum atomic E-state index is 13.3. The first-order valence-electron chi connectivity index (χ1n) is 4.96. The van der Waals surface area contributed by atoms with Gasteiger partial charge in [-0.15, -0.1) is 0 Å². The molecule has 0 aromatic carbocycles. The highest BCUT2D eigenvalue weighted by atomic mass is 79.9. The minimum atomic E-state index is -4.25. The van der Waals surface area contributed by atoms with Crippen LogP contribution in [0.5, 0.6) is 0 Å². The number of aromatic nitrogens is 2. The average molecular weight is 228 g/mol. The predicted octanol–water partition coefficient (Wildman–Crippen LogP) is 2.35. The van der Waals surface area contributed by atoms with Crippen molar-refractivity contribution in [2.45, 2.75) is 12.8 Å². The highest BCUT2D eigenvalue weighted by Gasteiger charge is 2.27. The molecule has 0 aliphatic rings. The second kappa shape index (κ2) is 2.81. The molecule has 1 aromatic rings. The smallest absolute Gasteiger partial charge is 0.236 e. The second-order valence-electron chi connectivity index (χ2n) is 1.65. The van der Waals surface area contributed by atoms with E-state index in [1.165, 1.54) is 0 Å². The fourth-order valence-corrected chi connectivity index (χ4v) is 0.670. The molecule has 60 valence electrons. The van der Waals surface area contributed by atoms with Gasteiger partial charge in [0.1, 0.15) is 4.60 Å². The van der Waals surface area contributed by atoms with Gasteiger partial charge in [-0.05, 0) is 22.0 Å². The fraction of sp³-hybridized carbons (Fsp3) is 0.333. The summed E-state index contributed by atoms with van der Waals surface area (Å²) < 4.78 is 60.5. The number of halogens is 3. The van der Waals surface area contributed by atoms with E-state index in [-0.39, 0.29) is 4.60 Å². The van der Waals surface area contributed by atoms with Gasteiger partial charge in [0.15, 0.2) is 5.82 Å². The van der Waals surface area contributed by atoms with Crippen molar-refractivity contribution >= 4 is 15.9 Å². The topological polar surface area (TPSA) is 25.8 Å². The van der Waals surface area contributed by atoms with Gasteiger partial charge in [-0.1, -0.05) is 0 Å². The van der Waals surface area contributed by atoms with Crippen LogP contribution in [0.15, 0.2) is 16.8 Å². The summed E-state index contributed by atoms with van der Waals surface area (Å²) in [6.45, 7) is -3.59. The van der Waals surface area contributed by atoms with Crippen LogP contribution in [-0.2, 0) is 5.92 Å². The van der Waals surface area contributed by atoms with Gasteiger partial charge < -0.3 is 0 Å². The van der Waals surface area contributed by atoms with Gasteiger partial charge in [0.2, 0.25) is 0 Å². The van der Waals surface area contributed by atoms with Gasteiger partial charge in [-0.25, -0.2) is 9.97 Å². The number of rotatable bonds is 1. The standard InChI is InChI=1S/C6H5BrF2N2/c1-6(8,9)5-10-3-2-4(7)11-5/h2-3H,1H3/i1D3,2D,3D. The van der Waals surface area contributed by atoms with Crippen LogP contribution in [0.1, 0.15) is 19.5 Å². The molecule has 0 saturated heterocycles. The van der Waals surface area contributed by atoms with Crippen LogP contribution >= 0.6 is 15.9 Å². The lowest BCUT2D eigenvalue weighted by Gasteiger charge is -2.06. The summed E-state index contributed by atoms with van der Waals surface area (Å²) in [4.78, 5) is 6.16. The highest BCUT2D eigenvalue weighted by molar-refractivity contribution is 9.10. The van der Waals surface area contributed by atoms with Crippen molar-refractivity contribution < 1.29 is 15.6 Å². The Hall–Kier alpha value is -0.580. The molecule has 0 aliphatic carbocycles. The van der Waals surface area contributed by atoms with Crippen molar-refractivity contribution in [1.29, 1.82) is 0 Å². The first kappa shape index (κ1) is 3.89. The first-order chi connectivity index (χ1) is 7.07. The Bertz CT molecular complexity index is 399. The zero-order valence-electron chi connectivity index (χ0n) is 10.0. The Morgan fingerprint density at radius 3 is 3.09 bits per heavy atom. The van der Waals surface area contributed by atoms with Crippen molar-refractivity contribution in [2.24, 2.45) is 0 Å². The van der Waals surface area contributed by atoms with Crippen LogP contribution in [0.3, 0.4) is 0 Å². The Balaban J connectivity index is 3.35. The zero-order chi connectivity index (χ0) is 12.7. The fourth-order valence-electron chi connectivity index (χ4n) is 0.413. The third-order valence-corrected chi connectivity index (χ3v) is 1.18. The molecule has 5 heteroatoms. The molecule has 0 amide bonds. The Morgan fingerprint density at radius 1 is 1.82 bits per heavy atom. The molecule has 1 heterocycles. The summed E-state index contributed by atoms with van der Waals surface area (Å²) in [5.41, 5.74) is 0. The number of hydrogen-bond acceptors (Lipinski definition) is 2. The maximum absolute atomic E-state index is 13.3. The summed E-state index contributed by atoms with van der Waals surface area (Å²) in [5.74, 6) is -5.54. The Kier molecular flexibility index (Phi) is 0.993. The molecule has 0 saturated carbocycles. The predicted molar refractivity (Wildman–Crippen MR) is 39.3 cm³/mol. The lowest BCUT2D eigenvalue weighted by Crippen LogP contribution is -2.11. The van der Waals surface area contributed by atoms with Crippen molar-refractivity contribution in [3.63, 3.8) is 0 Å². The van der Waals surface area contributed by atoms with E-state index in [9.17, 15) is 8.78 Å². The third kappa shape index (κ3) is 2.18. The maximum Gasteiger partial charge on any atom is 0.303 e. The van der Waals surface area contributed by atoms with Gasteiger partial charge in [0.25, 0.3) is 0 Å². The molecule has 0 atom stereocenters. The van der Waals surface area contributed by atoms with E-state index >= 15 is 0 Å². The quantitative estimate of drug-likeness (QED) is 0.689. The van der Waals surface area contributed by atoms with Crippen LogP contribution in [0, 0.1) is 0 Å². The van der Waals surface area contributed by atoms with Crippen LogP contribution in [0.4, 0.5) is 8.78 Å². The van der Waals surface area contributed by atoms with Gasteiger partial charge in [0.05, 0.1) is 2.74 Å². The molecule has 0 fully saturated rings.